The molecule has 0 radical (unpaired) electrons. The number of nitrogens with zero attached hydrogens (tertiary/aromatic N) is 2. The largest absolute Gasteiger partial charge is 0.393 e. The molecule has 1 saturated carbocycles. The summed E-state index contributed by atoms with van der Waals surface area (Å²) in [7, 11) is 0. The Hall–Kier alpha value is -0.900. The molecule has 2 rings (SSSR count). The fourth-order valence-corrected chi connectivity index (χ4v) is 3.13. The van der Waals surface area contributed by atoms with E-state index in [9.17, 15) is 5.11 Å². The van der Waals surface area contributed by atoms with E-state index >= 15 is 0 Å². The van der Waals surface area contributed by atoms with Gasteiger partial charge in [-0.05, 0) is 25.7 Å². The molecule has 1 N–H and O–H groups in total. The van der Waals surface area contributed by atoms with Crippen molar-refractivity contribution in [3.63, 3.8) is 0 Å². The van der Waals surface area contributed by atoms with Gasteiger partial charge in [0.05, 0.1) is 12.0 Å². The number of aliphatic hydroxyl groups is 1. The summed E-state index contributed by atoms with van der Waals surface area (Å²) in [6, 6.07) is 0. The van der Waals surface area contributed by atoms with Crippen molar-refractivity contribution in [3.05, 3.63) is 11.7 Å². The molecule has 4 heteroatoms. The Kier molecular flexibility index (Phi) is 4.97. The summed E-state index contributed by atoms with van der Waals surface area (Å²) in [5, 5.41) is 14.0. The van der Waals surface area contributed by atoms with Crippen LogP contribution in [-0.4, -0.2) is 21.4 Å². The molecule has 0 aliphatic heterocycles. The lowest BCUT2D eigenvalue weighted by atomic mass is 9.91. The average molecular weight is 266 g/mol. The van der Waals surface area contributed by atoms with E-state index in [1.54, 1.807) is 6.92 Å². The van der Waals surface area contributed by atoms with Crippen molar-refractivity contribution in [3.8, 4) is 0 Å². The molecular weight excluding hydrogens is 240 g/mol. The lowest BCUT2D eigenvalue weighted by molar-refractivity contribution is 0.120. The SMILES string of the molecule is CC(C)C(c1nc(C2CCCCCC2)no1)C(C)O. The second-order valence-electron chi connectivity index (χ2n) is 6.19. The van der Waals surface area contributed by atoms with E-state index in [4.69, 9.17) is 4.52 Å². The van der Waals surface area contributed by atoms with Gasteiger partial charge in [0.15, 0.2) is 5.82 Å². The third kappa shape index (κ3) is 3.56. The predicted octanol–water partition coefficient (Wildman–Crippen LogP) is 3.63. The van der Waals surface area contributed by atoms with Gasteiger partial charge < -0.3 is 9.63 Å². The van der Waals surface area contributed by atoms with Gasteiger partial charge in [-0.1, -0.05) is 44.7 Å². The fourth-order valence-electron chi connectivity index (χ4n) is 3.13. The maximum absolute atomic E-state index is 9.87. The van der Waals surface area contributed by atoms with E-state index in [0.717, 1.165) is 5.82 Å². The number of hydrogen-bond acceptors (Lipinski definition) is 4. The molecule has 0 amide bonds. The van der Waals surface area contributed by atoms with Crippen molar-refractivity contribution in [1.82, 2.24) is 10.1 Å². The highest BCUT2D eigenvalue weighted by Gasteiger charge is 2.28. The number of aromatic nitrogens is 2. The minimum absolute atomic E-state index is 0.0629. The molecule has 1 aromatic heterocycles. The van der Waals surface area contributed by atoms with Crippen molar-refractivity contribution in [1.29, 1.82) is 0 Å². The van der Waals surface area contributed by atoms with Crippen molar-refractivity contribution < 1.29 is 9.63 Å². The van der Waals surface area contributed by atoms with Crippen molar-refractivity contribution in [2.45, 2.75) is 77.2 Å². The second kappa shape index (κ2) is 6.51. The molecule has 0 spiro atoms. The minimum Gasteiger partial charge on any atom is -0.393 e. The van der Waals surface area contributed by atoms with Crippen LogP contribution in [0.5, 0.6) is 0 Å². The van der Waals surface area contributed by atoms with Crippen LogP contribution in [0.25, 0.3) is 0 Å². The van der Waals surface area contributed by atoms with Crippen molar-refractivity contribution in [2.24, 2.45) is 5.92 Å². The molecule has 1 heterocycles. The molecule has 2 unspecified atom stereocenters. The first kappa shape index (κ1) is 14.5. The summed E-state index contributed by atoms with van der Waals surface area (Å²) in [6.07, 6.45) is 7.05. The molecule has 1 aliphatic carbocycles. The van der Waals surface area contributed by atoms with Crippen molar-refractivity contribution in [2.75, 3.05) is 0 Å². The van der Waals surface area contributed by atoms with Gasteiger partial charge in [0.25, 0.3) is 0 Å². The molecule has 2 atom stereocenters. The van der Waals surface area contributed by atoms with Crippen LogP contribution < -0.4 is 0 Å². The van der Waals surface area contributed by atoms with Crippen LogP contribution in [0.15, 0.2) is 4.52 Å². The lowest BCUT2D eigenvalue weighted by Gasteiger charge is -2.19. The topological polar surface area (TPSA) is 59.2 Å². The van der Waals surface area contributed by atoms with E-state index in [1.807, 2.05) is 0 Å². The molecule has 1 aromatic rings. The Bertz CT molecular complexity index is 371. The maximum atomic E-state index is 9.87. The normalized spacial score (nSPS) is 21.3. The fraction of sp³-hybridized carbons (Fsp3) is 0.867. The number of hydrogen-bond donors (Lipinski definition) is 1. The zero-order valence-corrected chi connectivity index (χ0v) is 12.3. The first-order valence-corrected chi connectivity index (χ1v) is 7.61. The van der Waals surface area contributed by atoms with Gasteiger partial charge in [-0.15, -0.1) is 0 Å². The Morgan fingerprint density at radius 1 is 1.11 bits per heavy atom. The van der Waals surface area contributed by atoms with Crippen LogP contribution in [0.3, 0.4) is 0 Å². The Morgan fingerprint density at radius 2 is 1.74 bits per heavy atom. The van der Waals surface area contributed by atoms with Crippen LogP contribution in [0.4, 0.5) is 0 Å². The lowest BCUT2D eigenvalue weighted by Crippen LogP contribution is -2.20. The highest BCUT2D eigenvalue weighted by molar-refractivity contribution is 5.02. The predicted molar refractivity (Wildman–Crippen MR) is 74.0 cm³/mol. The average Bonchev–Trinajstić information content (AvgIpc) is 2.63. The summed E-state index contributed by atoms with van der Waals surface area (Å²) < 4.78 is 5.42. The minimum atomic E-state index is -0.456. The molecule has 1 fully saturated rings. The van der Waals surface area contributed by atoms with Gasteiger partial charge in [-0.3, -0.25) is 0 Å². The third-order valence-electron chi connectivity index (χ3n) is 4.20. The summed E-state index contributed by atoms with van der Waals surface area (Å²) in [6.45, 7) is 5.94. The maximum Gasteiger partial charge on any atom is 0.232 e. The van der Waals surface area contributed by atoms with Gasteiger partial charge in [0.1, 0.15) is 0 Å². The van der Waals surface area contributed by atoms with E-state index < -0.39 is 6.10 Å². The highest BCUT2D eigenvalue weighted by Crippen LogP contribution is 2.32. The number of aliphatic hydroxyl groups excluding tert-OH is 1. The first-order chi connectivity index (χ1) is 9.09. The van der Waals surface area contributed by atoms with Crippen LogP contribution >= 0.6 is 0 Å². The van der Waals surface area contributed by atoms with Gasteiger partial charge in [-0.25, -0.2) is 0 Å². The molecule has 0 aromatic carbocycles. The molecule has 4 nitrogen and oxygen atoms in total. The standard InChI is InChI=1S/C15H26N2O2/c1-10(2)13(11(3)18)15-16-14(17-19-15)12-8-6-4-5-7-9-12/h10-13,18H,4-9H2,1-3H3. The quantitative estimate of drug-likeness (QED) is 0.845. The van der Waals surface area contributed by atoms with Crippen molar-refractivity contribution >= 4 is 0 Å². The third-order valence-corrected chi connectivity index (χ3v) is 4.20. The van der Waals surface area contributed by atoms with Gasteiger partial charge in [0, 0.05) is 5.92 Å². The van der Waals surface area contributed by atoms with Gasteiger partial charge in [-0.2, -0.15) is 4.98 Å². The summed E-state index contributed by atoms with van der Waals surface area (Å²) in [5.74, 6) is 2.13. The van der Waals surface area contributed by atoms with E-state index in [0.29, 0.717) is 17.7 Å². The summed E-state index contributed by atoms with van der Waals surface area (Å²) in [5.41, 5.74) is 0. The van der Waals surface area contributed by atoms with Gasteiger partial charge >= 0.3 is 0 Å². The van der Waals surface area contributed by atoms with Gasteiger partial charge in [0.2, 0.25) is 5.89 Å². The van der Waals surface area contributed by atoms with Crippen LogP contribution in [0.2, 0.25) is 0 Å². The second-order valence-corrected chi connectivity index (χ2v) is 6.19. The monoisotopic (exact) mass is 266 g/mol. The van der Waals surface area contributed by atoms with Crippen LogP contribution in [0, 0.1) is 5.92 Å². The van der Waals surface area contributed by atoms with Crippen LogP contribution in [0.1, 0.15) is 82.8 Å². The molecule has 0 bridgehead atoms. The molecule has 19 heavy (non-hydrogen) atoms. The van der Waals surface area contributed by atoms with E-state index in [1.165, 1.54) is 38.5 Å². The Morgan fingerprint density at radius 3 is 2.26 bits per heavy atom. The van der Waals surface area contributed by atoms with E-state index in [2.05, 4.69) is 24.0 Å². The highest BCUT2D eigenvalue weighted by atomic mass is 16.5. The Labute approximate surface area is 115 Å². The zero-order valence-electron chi connectivity index (χ0n) is 12.3. The molecule has 108 valence electrons. The first-order valence-electron chi connectivity index (χ1n) is 7.61. The Balaban J connectivity index is 2.12. The number of rotatable bonds is 4. The molecule has 1 aliphatic rings. The summed E-state index contributed by atoms with van der Waals surface area (Å²) in [4.78, 5) is 4.58. The van der Waals surface area contributed by atoms with Crippen LogP contribution in [-0.2, 0) is 0 Å². The molecular formula is C15H26N2O2. The smallest absolute Gasteiger partial charge is 0.232 e. The zero-order chi connectivity index (χ0) is 13.8. The van der Waals surface area contributed by atoms with E-state index in [-0.39, 0.29) is 5.92 Å². The molecule has 0 saturated heterocycles. The summed E-state index contributed by atoms with van der Waals surface area (Å²) >= 11 is 0.